The van der Waals surface area contributed by atoms with E-state index in [4.69, 9.17) is 11.6 Å². The highest BCUT2D eigenvalue weighted by Crippen LogP contribution is 2.25. The highest BCUT2D eigenvalue weighted by Gasteiger charge is 2.21. The molecule has 2 heterocycles. The van der Waals surface area contributed by atoms with Crippen molar-refractivity contribution >= 4 is 29.3 Å². The van der Waals surface area contributed by atoms with Gasteiger partial charge in [-0.1, -0.05) is 34.6 Å². The van der Waals surface area contributed by atoms with Gasteiger partial charge in [-0.2, -0.15) is 0 Å². The van der Waals surface area contributed by atoms with E-state index in [1.54, 1.807) is 30.6 Å². The number of benzene rings is 1. The third-order valence-corrected chi connectivity index (χ3v) is 4.37. The van der Waals surface area contributed by atoms with Crippen molar-refractivity contribution in [3.63, 3.8) is 0 Å². The molecule has 0 atom stereocenters. The lowest BCUT2D eigenvalue weighted by atomic mass is 10.2. The molecule has 122 valence electrons. The van der Waals surface area contributed by atoms with E-state index >= 15 is 0 Å². The molecule has 2 aromatic heterocycles. The molecule has 1 aromatic carbocycles. The largest absolute Gasteiger partial charge is 0.476 e. The maximum Gasteiger partial charge on any atom is 0.358 e. The van der Waals surface area contributed by atoms with Gasteiger partial charge in [-0.3, -0.25) is 0 Å². The van der Waals surface area contributed by atoms with Crippen LogP contribution in [-0.4, -0.2) is 36.0 Å². The van der Waals surface area contributed by atoms with Crippen molar-refractivity contribution in [2.24, 2.45) is 0 Å². The molecule has 0 spiro atoms. The minimum Gasteiger partial charge on any atom is -0.476 e. The summed E-state index contributed by atoms with van der Waals surface area (Å²) in [7, 11) is 0. The van der Waals surface area contributed by atoms with Crippen LogP contribution < -0.4 is 0 Å². The number of hydrogen-bond donors (Lipinski definition) is 1. The van der Waals surface area contributed by atoms with Crippen molar-refractivity contribution in [3.05, 3.63) is 58.6 Å². The average Bonchev–Trinajstić information content (AvgIpc) is 3.00. The van der Waals surface area contributed by atoms with Crippen molar-refractivity contribution in [3.8, 4) is 5.69 Å². The zero-order valence-electron chi connectivity index (χ0n) is 12.5. The van der Waals surface area contributed by atoms with E-state index in [1.165, 1.54) is 16.4 Å². The fourth-order valence-electron chi connectivity index (χ4n) is 2.09. The molecule has 3 aromatic rings. The summed E-state index contributed by atoms with van der Waals surface area (Å²) < 4.78 is 1.50. The molecule has 1 N–H and O–H groups in total. The first-order valence-electron chi connectivity index (χ1n) is 6.90. The fourth-order valence-corrected chi connectivity index (χ4v) is 3.06. The smallest absolute Gasteiger partial charge is 0.358 e. The lowest BCUT2D eigenvalue weighted by molar-refractivity contribution is 0.0689. The van der Waals surface area contributed by atoms with E-state index in [2.05, 4.69) is 20.3 Å². The number of carboxylic acid groups (broad SMARTS) is 1. The second-order valence-electron chi connectivity index (χ2n) is 4.85. The van der Waals surface area contributed by atoms with Gasteiger partial charge in [0.25, 0.3) is 0 Å². The molecular weight excluding hydrogens is 350 g/mol. The number of hydrogen-bond acceptors (Lipinski definition) is 6. The number of rotatable bonds is 5. The Morgan fingerprint density at radius 2 is 2.08 bits per heavy atom. The predicted molar refractivity (Wildman–Crippen MR) is 89.7 cm³/mol. The highest BCUT2D eigenvalue weighted by molar-refractivity contribution is 7.98. The molecule has 0 bridgehead atoms. The van der Waals surface area contributed by atoms with Crippen molar-refractivity contribution in [2.45, 2.75) is 17.8 Å². The van der Waals surface area contributed by atoms with E-state index in [-0.39, 0.29) is 5.69 Å². The van der Waals surface area contributed by atoms with Crippen molar-refractivity contribution in [2.75, 3.05) is 0 Å². The Hall–Kier alpha value is -2.45. The average molecular weight is 362 g/mol. The van der Waals surface area contributed by atoms with Gasteiger partial charge in [0.2, 0.25) is 0 Å². The molecule has 0 aliphatic carbocycles. The maximum atomic E-state index is 11.4. The summed E-state index contributed by atoms with van der Waals surface area (Å²) in [5.41, 5.74) is 1.94. The van der Waals surface area contributed by atoms with Gasteiger partial charge >= 0.3 is 5.97 Å². The minimum absolute atomic E-state index is 0.0993. The van der Waals surface area contributed by atoms with Crippen molar-refractivity contribution < 1.29 is 9.90 Å². The molecule has 9 heteroatoms. The number of thioether (sulfide) groups is 1. The molecule has 0 fully saturated rings. The van der Waals surface area contributed by atoms with E-state index in [0.29, 0.717) is 27.3 Å². The van der Waals surface area contributed by atoms with Gasteiger partial charge < -0.3 is 5.11 Å². The predicted octanol–water partition coefficient (Wildman–Crippen LogP) is 3.01. The molecular formula is C15H12ClN5O2S. The molecule has 0 radical (unpaired) electrons. The lowest BCUT2D eigenvalue weighted by Gasteiger charge is -2.10. The number of aryl methyl sites for hydroxylation is 1. The molecule has 3 rings (SSSR count). The summed E-state index contributed by atoms with van der Waals surface area (Å²) in [5, 5.41) is 18.2. The van der Waals surface area contributed by atoms with Crippen LogP contribution in [0.3, 0.4) is 0 Å². The quantitative estimate of drug-likeness (QED) is 0.551. The van der Waals surface area contributed by atoms with E-state index in [9.17, 15) is 9.90 Å². The van der Waals surface area contributed by atoms with Gasteiger partial charge in [-0.15, -0.1) is 5.10 Å². The number of aromatic carboxylic acids is 1. The fraction of sp³-hybridized carbons (Fsp3) is 0.133. The first-order chi connectivity index (χ1) is 11.6. The number of aromatic nitrogens is 5. The van der Waals surface area contributed by atoms with Crippen LogP contribution in [0.5, 0.6) is 0 Å². The lowest BCUT2D eigenvalue weighted by Crippen LogP contribution is -2.07. The van der Waals surface area contributed by atoms with Crippen LogP contribution >= 0.6 is 23.4 Å². The van der Waals surface area contributed by atoms with Crippen molar-refractivity contribution in [1.29, 1.82) is 0 Å². The number of nitrogens with zero attached hydrogens (tertiary/aromatic N) is 5. The third-order valence-electron chi connectivity index (χ3n) is 3.25. The molecule has 0 aliphatic rings. The first-order valence-corrected chi connectivity index (χ1v) is 8.27. The molecule has 24 heavy (non-hydrogen) atoms. The Kier molecular flexibility index (Phi) is 4.77. The summed E-state index contributed by atoms with van der Waals surface area (Å²) in [4.78, 5) is 19.7. The Balaban J connectivity index is 2.01. The zero-order chi connectivity index (χ0) is 17.1. The van der Waals surface area contributed by atoms with Gasteiger partial charge in [0.05, 0.1) is 11.4 Å². The van der Waals surface area contributed by atoms with E-state index in [0.717, 1.165) is 5.56 Å². The summed E-state index contributed by atoms with van der Waals surface area (Å²) in [6, 6.07) is 7.05. The zero-order valence-corrected chi connectivity index (χ0v) is 14.1. The second-order valence-corrected chi connectivity index (χ2v) is 6.23. The van der Waals surface area contributed by atoms with Gasteiger partial charge in [-0.25, -0.2) is 19.4 Å². The molecule has 0 unspecified atom stereocenters. The van der Waals surface area contributed by atoms with Crippen LogP contribution in [0.1, 0.15) is 21.7 Å². The van der Waals surface area contributed by atoms with Gasteiger partial charge in [0.1, 0.15) is 0 Å². The van der Waals surface area contributed by atoms with Crippen LogP contribution in [0.15, 0.2) is 41.8 Å². The van der Waals surface area contributed by atoms with Gasteiger partial charge in [0.15, 0.2) is 10.9 Å². The Bertz CT molecular complexity index is 885. The SMILES string of the molecule is Cc1ccc(Cl)cc1-n1nnc(C(=O)O)c1CSc1ncccn1. The molecule has 0 aliphatic heterocycles. The van der Waals surface area contributed by atoms with Crippen LogP contribution in [-0.2, 0) is 5.75 Å². The standard InChI is InChI=1S/C15H12ClN5O2S/c1-9-3-4-10(16)7-11(9)21-12(13(14(22)23)19-20-21)8-24-15-17-5-2-6-18-15/h2-7H,8H2,1H3,(H,22,23). The molecule has 7 nitrogen and oxygen atoms in total. The Morgan fingerprint density at radius 1 is 1.33 bits per heavy atom. The Morgan fingerprint density at radius 3 is 2.79 bits per heavy atom. The second kappa shape index (κ2) is 6.98. The minimum atomic E-state index is -1.13. The van der Waals surface area contributed by atoms with Crippen LogP contribution in [0.25, 0.3) is 5.69 Å². The first kappa shape index (κ1) is 16.4. The Labute approximate surface area is 146 Å². The van der Waals surface area contributed by atoms with E-state index < -0.39 is 5.97 Å². The van der Waals surface area contributed by atoms with Gasteiger partial charge in [-0.05, 0) is 30.7 Å². The van der Waals surface area contributed by atoms with Gasteiger partial charge in [0, 0.05) is 23.2 Å². The van der Waals surface area contributed by atoms with Crippen LogP contribution in [0, 0.1) is 6.92 Å². The highest BCUT2D eigenvalue weighted by atomic mass is 35.5. The van der Waals surface area contributed by atoms with Crippen LogP contribution in [0.2, 0.25) is 5.02 Å². The summed E-state index contributed by atoms with van der Waals surface area (Å²) in [5.74, 6) is -0.824. The summed E-state index contributed by atoms with van der Waals surface area (Å²) >= 11 is 7.37. The summed E-state index contributed by atoms with van der Waals surface area (Å²) in [6.45, 7) is 1.89. The topological polar surface area (TPSA) is 93.8 Å². The number of carboxylic acids is 1. The normalized spacial score (nSPS) is 10.8. The maximum absolute atomic E-state index is 11.4. The number of carbonyl (C=O) groups is 1. The third kappa shape index (κ3) is 3.39. The van der Waals surface area contributed by atoms with Crippen LogP contribution in [0.4, 0.5) is 0 Å². The monoisotopic (exact) mass is 361 g/mol. The molecule has 0 saturated heterocycles. The summed E-state index contributed by atoms with van der Waals surface area (Å²) in [6.07, 6.45) is 3.26. The number of halogens is 1. The molecule has 0 saturated carbocycles. The van der Waals surface area contributed by atoms with E-state index in [1.807, 2.05) is 13.0 Å². The molecule has 0 amide bonds. The van der Waals surface area contributed by atoms with Crippen molar-refractivity contribution in [1.82, 2.24) is 25.0 Å².